The van der Waals surface area contributed by atoms with Crippen molar-refractivity contribution in [2.75, 3.05) is 13.2 Å². The molecule has 334 valence electrons. The summed E-state index contributed by atoms with van der Waals surface area (Å²) >= 11 is 0. The van der Waals surface area contributed by atoms with E-state index >= 15 is 0 Å². The van der Waals surface area contributed by atoms with Gasteiger partial charge in [0.2, 0.25) is 0 Å². The summed E-state index contributed by atoms with van der Waals surface area (Å²) in [4.78, 5) is 114. The number of esters is 8. The van der Waals surface area contributed by atoms with E-state index in [1.807, 2.05) is 0 Å². The molecular weight excluding hydrogens is 818 g/mol. The molecule has 1 saturated heterocycles. The first-order valence-corrected chi connectivity index (χ1v) is 19.9. The van der Waals surface area contributed by atoms with E-state index in [0.29, 0.717) is 0 Å². The van der Waals surface area contributed by atoms with Gasteiger partial charge in [0.05, 0.1) is 28.7 Å². The third-order valence-corrected chi connectivity index (χ3v) is 12.4. The minimum absolute atomic E-state index is 0.00452. The first-order chi connectivity index (χ1) is 29.0. The van der Waals surface area contributed by atoms with Crippen LogP contribution in [0.25, 0.3) is 0 Å². The van der Waals surface area contributed by atoms with Crippen molar-refractivity contribution in [1.29, 1.82) is 0 Å². The molecule has 4 aliphatic rings. The van der Waals surface area contributed by atoms with Crippen molar-refractivity contribution in [3.63, 3.8) is 0 Å². The molecule has 1 spiro atoms. The Bertz CT molecular complexity index is 2160. The zero-order chi connectivity index (χ0) is 45.7. The van der Waals surface area contributed by atoms with Crippen LogP contribution < -0.4 is 0 Å². The molecule has 2 saturated carbocycles. The van der Waals surface area contributed by atoms with Crippen molar-refractivity contribution in [1.82, 2.24) is 4.98 Å². The van der Waals surface area contributed by atoms with Crippen molar-refractivity contribution < 1.29 is 86.1 Å². The Morgan fingerprint density at radius 3 is 1.87 bits per heavy atom. The number of nitrogens with zero attached hydrogens (tertiary/aromatic N) is 1. The topological polar surface area (TPSA) is 253 Å². The van der Waals surface area contributed by atoms with Crippen LogP contribution in [0.2, 0.25) is 0 Å². The molecule has 1 aromatic heterocycles. The number of cyclic esters (lactones) is 1. The lowest BCUT2D eigenvalue weighted by Crippen LogP contribution is -2.89. The molecule has 1 N–H and O–H groups in total. The van der Waals surface area contributed by atoms with Gasteiger partial charge in [-0.05, 0) is 38.1 Å². The Balaban J connectivity index is 1.79. The lowest BCUT2D eigenvalue weighted by atomic mass is 9.45. The molecule has 13 unspecified atom stereocenters. The largest absolute Gasteiger partial charge is 0.461 e. The summed E-state index contributed by atoms with van der Waals surface area (Å²) in [6.45, 7) is 8.62. The van der Waals surface area contributed by atoms with Gasteiger partial charge in [0.25, 0.3) is 0 Å². The van der Waals surface area contributed by atoms with Gasteiger partial charge >= 0.3 is 47.8 Å². The Morgan fingerprint density at radius 1 is 0.742 bits per heavy atom. The minimum atomic E-state index is -2.86. The second-order valence-corrected chi connectivity index (χ2v) is 16.5. The van der Waals surface area contributed by atoms with E-state index in [0.717, 1.165) is 41.5 Å². The summed E-state index contributed by atoms with van der Waals surface area (Å²) in [7, 11) is 0. The summed E-state index contributed by atoms with van der Waals surface area (Å²) in [6.07, 6.45) is -10.8. The van der Waals surface area contributed by atoms with Gasteiger partial charge in [-0.2, -0.15) is 0 Å². The molecule has 62 heavy (non-hydrogen) atoms. The number of hydrogen-bond donors (Lipinski definition) is 1. The molecule has 2 aromatic rings. The Morgan fingerprint density at radius 2 is 1.29 bits per heavy atom. The fraction of sp³-hybridized carbons (Fsp3) is 0.558. The van der Waals surface area contributed by atoms with Gasteiger partial charge in [-0.1, -0.05) is 32.0 Å². The van der Waals surface area contributed by atoms with Crippen molar-refractivity contribution in [2.45, 2.75) is 122 Å². The Labute approximate surface area is 355 Å². The third kappa shape index (κ3) is 7.43. The molecule has 3 fully saturated rings. The smallest absolute Gasteiger partial charge is 0.340 e. The molecule has 0 radical (unpaired) electrons. The van der Waals surface area contributed by atoms with Gasteiger partial charge in [0.1, 0.15) is 42.0 Å². The van der Waals surface area contributed by atoms with Crippen LogP contribution in [-0.2, 0) is 71.4 Å². The van der Waals surface area contributed by atoms with E-state index in [9.17, 15) is 43.5 Å². The maximum Gasteiger partial charge on any atom is 0.340 e. The predicted molar refractivity (Wildman–Crippen MR) is 205 cm³/mol. The number of pyridine rings is 1. The lowest BCUT2D eigenvalue weighted by molar-refractivity contribution is -0.386. The van der Waals surface area contributed by atoms with Crippen LogP contribution in [0.1, 0.15) is 94.6 Å². The summed E-state index contributed by atoms with van der Waals surface area (Å²) in [5.74, 6) is -11.8. The predicted octanol–water partition coefficient (Wildman–Crippen LogP) is 2.33. The Hall–Kier alpha value is -5.95. The van der Waals surface area contributed by atoms with Gasteiger partial charge in [0, 0.05) is 46.7 Å². The molecule has 19 heteroatoms. The first-order valence-electron chi connectivity index (χ1n) is 19.9. The Kier molecular flexibility index (Phi) is 12.3. The second kappa shape index (κ2) is 16.7. The number of aromatic nitrogens is 1. The highest BCUT2D eigenvalue weighted by Crippen LogP contribution is 2.70. The van der Waals surface area contributed by atoms with Crippen LogP contribution in [-0.4, -0.2) is 124 Å². The van der Waals surface area contributed by atoms with Crippen LogP contribution in [0.15, 0.2) is 48.7 Å². The number of fused-ring (bicyclic) bond motifs is 5. The summed E-state index contributed by atoms with van der Waals surface area (Å²) in [5.41, 5.74) is -10.3. The zero-order valence-corrected chi connectivity index (χ0v) is 35.6. The lowest BCUT2D eigenvalue weighted by Gasteiger charge is -2.67. The van der Waals surface area contributed by atoms with Gasteiger partial charge in [-0.3, -0.25) is 33.8 Å². The zero-order valence-electron chi connectivity index (χ0n) is 35.6. The van der Waals surface area contributed by atoms with Crippen LogP contribution in [0.3, 0.4) is 0 Å². The molecule has 0 amide bonds. The maximum atomic E-state index is 14.5. The van der Waals surface area contributed by atoms with Crippen LogP contribution in [0.4, 0.5) is 0 Å². The quantitative estimate of drug-likeness (QED) is 0.295. The average molecular weight is 868 g/mol. The van der Waals surface area contributed by atoms with Crippen LogP contribution in [0.5, 0.6) is 0 Å². The molecule has 1 aromatic carbocycles. The van der Waals surface area contributed by atoms with Gasteiger partial charge < -0.3 is 47.7 Å². The van der Waals surface area contributed by atoms with E-state index in [1.165, 1.54) is 56.4 Å². The second-order valence-electron chi connectivity index (χ2n) is 16.5. The molecule has 2 aliphatic carbocycles. The van der Waals surface area contributed by atoms with E-state index < -0.39 is 138 Å². The highest BCUT2D eigenvalue weighted by Gasteiger charge is 2.92. The van der Waals surface area contributed by atoms with Crippen molar-refractivity contribution in [3.05, 3.63) is 65.5 Å². The monoisotopic (exact) mass is 867 g/mol. The molecular formula is C43H49NO18. The normalized spacial score (nSPS) is 36.0. The highest BCUT2D eigenvalue weighted by atomic mass is 16.7. The van der Waals surface area contributed by atoms with Gasteiger partial charge in [-0.25, -0.2) is 9.59 Å². The number of rotatable bonds is 8. The highest BCUT2D eigenvalue weighted by molar-refractivity contribution is 5.91. The van der Waals surface area contributed by atoms with Crippen molar-refractivity contribution in [2.24, 2.45) is 17.3 Å². The number of aliphatic hydroxyl groups is 1. The number of ether oxygens (including phenoxy) is 9. The number of benzene rings is 1. The number of carbonyl (C=O) groups excluding carboxylic acids is 8. The van der Waals surface area contributed by atoms with Gasteiger partial charge in [0.15, 0.2) is 30.0 Å². The minimum Gasteiger partial charge on any atom is -0.461 e. The first kappa shape index (κ1) is 45.6. The fourth-order valence-corrected chi connectivity index (χ4v) is 9.87. The maximum absolute atomic E-state index is 14.5. The van der Waals surface area contributed by atoms with Crippen molar-refractivity contribution in [3.8, 4) is 0 Å². The van der Waals surface area contributed by atoms with E-state index in [1.54, 1.807) is 13.0 Å². The van der Waals surface area contributed by atoms with Crippen molar-refractivity contribution >= 4 is 47.8 Å². The molecule has 6 rings (SSSR count). The standard InChI is InChI=1S/C43H49NO18/c1-20-21(2)37(50)61-34-32(57-23(4)46)36(60-26(7)49)42(19-55-38(51)27-14-11-10-12-15-27)35(59-25(6)48)31(56-22(3)45)29-33(58-24(5)47)43(42,41(34,9)53)62-40(29,8)18-54-39(52)28-16-13-17-44-30(20)28/h10-17,20-21,29,31-36,53H,18-19H2,1-9H3. The van der Waals surface area contributed by atoms with E-state index in [4.69, 9.17) is 42.6 Å². The van der Waals surface area contributed by atoms with E-state index in [2.05, 4.69) is 4.98 Å². The van der Waals surface area contributed by atoms with Gasteiger partial charge in [-0.15, -0.1) is 0 Å². The molecule has 19 nitrogen and oxygen atoms in total. The average Bonchev–Trinajstić information content (AvgIpc) is 3.42. The molecule has 3 heterocycles. The molecule has 13 atom stereocenters. The van der Waals surface area contributed by atoms with Crippen LogP contribution in [0, 0.1) is 17.3 Å². The summed E-state index contributed by atoms with van der Waals surface area (Å²) < 4.78 is 55.4. The molecule has 2 aliphatic heterocycles. The van der Waals surface area contributed by atoms with E-state index in [-0.39, 0.29) is 16.8 Å². The van der Waals surface area contributed by atoms with Crippen LogP contribution >= 0.6 is 0 Å². The fourth-order valence-electron chi connectivity index (χ4n) is 9.87. The molecule has 4 bridgehead atoms. The summed E-state index contributed by atoms with van der Waals surface area (Å²) in [5, 5.41) is 13.6. The number of hydrogen-bond acceptors (Lipinski definition) is 19. The summed E-state index contributed by atoms with van der Waals surface area (Å²) in [6, 6.07) is 10.4. The third-order valence-electron chi connectivity index (χ3n) is 12.4. The SMILES string of the molecule is CC(=O)OC1C2C(OC(C)=O)C34OC2(C)COC(=O)c2cccnc2C(C)C(C)C(=O)OC(C(OC(C)=O)C(OC(C)=O)C3(COC(=O)c2ccccc2)C1OC(C)=O)C4(C)O. The number of carbonyl (C=O) groups is 8.